The maximum absolute atomic E-state index is 13.2. The summed E-state index contributed by atoms with van der Waals surface area (Å²) in [5.41, 5.74) is 0. The zero-order chi connectivity index (χ0) is 60.9. The van der Waals surface area contributed by atoms with Crippen LogP contribution in [0.15, 0.2) is 170 Å². The van der Waals surface area contributed by atoms with Crippen molar-refractivity contribution in [2.24, 2.45) is 0 Å². The minimum absolute atomic E-state index is 0.235. The predicted molar refractivity (Wildman–Crippen MR) is 340 cm³/mol. The van der Waals surface area contributed by atoms with Crippen LogP contribution >= 0.6 is 0 Å². The molecule has 84 heavy (non-hydrogen) atoms. The first-order chi connectivity index (χ1) is 41.1. The Kier molecular flexibility index (Phi) is 47.3. The van der Waals surface area contributed by atoms with E-state index in [4.69, 9.17) is 18.9 Å². The van der Waals surface area contributed by atoms with Crippen LogP contribution in [0.3, 0.4) is 0 Å². The van der Waals surface area contributed by atoms with E-state index in [0.29, 0.717) is 12.8 Å². The smallest absolute Gasteiger partial charge is 0.220 e. The first-order valence-electron chi connectivity index (χ1n) is 31.4. The molecule has 2 aliphatic heterocycles. The second-order valence-electron chi connectivity index (χ2n) is 21.1. The molecular weight excluding hydrogens is 1060 g/mol. The minimum atomic E-state index is -1.80. The Hall–Kier alpha value is -4.65. The number of rotatable bonds is 47. The second-order valence-corrected chi connectivity index (χ2v) is 21.1. The molecular formula is C70H109NO13. The Morgan fingerprint density at radius 1 is 0.440 bits per heavy atom. The summed E-state index contributed by atoms with van der Waals surface area (Å²) in [5, 5.41) is 86.9. The van der Waals surface area contributed by atoms with E-state index in [1.165, 1.54) is 0 Å². The topological polar surface area (TPSA) is 228 Å². The molecule has 0 aliphatic carbocycles. The third kappa shape index (κ3) is 37.0. The van der Waals surface area contributed by atoms with Gasteiger partial charge in [0.15, 0.2) is 12.6 Å². The van der Waals surface area contributed by atoms with Crippen LogP contribution in [0.4, 0.5) is 0 Å². The largest absolute Gasteiger partial charge is 0.394 e. The Balaban J connectivity index is 1.65. The van der Waals surface area contributed by atoms with Gasteiger partial charge in [-0.2, -0.15) is 0 Å². The van der Waals surface area contributed by atoms with E-state index in [1.807, 2.05) is 6.08 Å². The first kappa shape index (κ1) is 75.4. The summed E-state index contributed by atoms with van der Waals surface area (Å²) in [4.78, 5) is 13.2. The molecule has 2 heterocycles. The van der Waals surface area contributed by atoms with Crippen LogP contribution in [0.1, 0.15) is 168 Å². The number of allylic oxidation sites excluding steroid dienone is 27. The van der Waals surface area contributed by atoms with Crippen LogP contribution in [0.5, 0.6) is 0 Å². The third-order valence-electron chi connectivity index (χ3n) is 13.8. The normalized spacial score (nSPS) is 24.9. The highest BCUT2D eigenvalue weighted by Crippen LogP contribution is 2.30. The van der Waals surface area contributed by atoms with Gasteiger partial charge in [0.05, 0.1) is 32.0 Å². The zero-order valence-electron chi connectivity index (χ0n) is 50.8. The van der Waals surface area contributed by atoms with E-state index in [1.54, 1.807) is 6.08 Å². The fourth-order valence-corrected chi connectivity index (χ4v) is 8.86. The Morgan fingerprint density at radius 3 is 1.30 bits per heavy atom. The number of ether oxygens (including phenoxy) is 4. The number of carbonyl (C=O) groups excluding carboxylic acids is 1. The van der Waals surface area contributed by atoms with E-state index in [9.17, 15) is 45.6 Å². The number of amides is 1. The van der Waals surface area contributed by atoms with Crippen molar-refractivity contribution in [1.82, 2.24) is 5.32 Å². The molecule has 472 valence electrons. The molecule has 2 aliphatic rings. The molecule has 12 atom stereocenters. The molecule has 0 radical (unpaired) electrons. The lowest BCUT2D eigenvalue weighted by Gasteiger charge is -2.46. The molecule has 0 spiro atoms. The summed E-state index contributed by atoms with van der Waals surface area (Å²) in [5.74, 6) is -0.283. The second kappa shape index (κ2) is 52.7. The van der Waals surface area contributed by atoms with Crippen LogP contribution in [-0.2, 0) is 23.7 Å². The number of carbonyl (C=O) groups is 1. The first-order valence-corrected chi connectivity index (χ1v) is 31.4. The number of hydrogen-bond donors (Lipinski definition) is 9. The van der Waals surface area contributed by atoms with Crippen LogP contribution in [0, 0.1) is 0 Å². The van der Waals surface area contributed by atoms with E-state index in [0.717, 1.165) is 135 Å². The average molecular weight is 1170 g/mol. The monoisotopic (exact) mass is 1170 g/mol. The summed E-state index contributed by atoms with van der Waals surface area (Å²) in [6.07, 6.45) is 65.6. The van der Waals surface area contributed by atoms with Gasteiger partial charge in [0.1, 0.15) is 48.8 Å². The number of aliphatic hydroxyl groups is 8. The van der Waals surface area contributed by atoms with Gasteiger partial charge in [-0.3, -0.25) is 4.79 Å². The van der Waals surface area contributed by atoms with E-state index in [2.05, 4.69) is 177 Å². The average Bonchev–Trinajstić information content (AvgIpc) is 3.59. The van der Waals surface area contributed by atoms with E-state index >= 15 is 0 Å². The fourth-order valence-electron chi connectivity index (χ4n) is 8.86. The molecule has 1 amide bonds. The molecule has 2 saturated heterocycles. The van der Waals surface area contributed by atoms with E-state index in [-0.39, 0.29) is 18.9 Å². The van der Waals surface area contributed by atoms with Gasteiger partial charge in [-0.1, -0.05) is 210 Å². The lowest BCUT2D eigenvalue weighted by molar-refractivity contribution is -0.359. The van der Waals surface area contributed by atoms with Gasteiger partial charge in [-0.05, 0) is 122 Å². The van der Waals surface area contributed by atoms with Gasteiger partial charge < -0.3 is 65.1 Å². The summed E-state index contributed by atoms with van der Waals surface area (Å²) in [7, 11) is 0. The molecule has 2 fully saturated rings. The molecule has 9 N–H and O–H groups in total. The summed E-state index contributed by atoms with van der Waals surface area (Å²) >= 11 is 0. The van der Waals surface area contributed by atoms with Crippen LogP contribution < -0.4 is 5.32 Å². The third-order valence-corrected chi connectivity index (χ3v) is 13.8. The molecule has 12 unspecified atom stereocenters. The summed E-state index contributed by atoms with van der Waals surface area (Å²) < 4.78 is 22.7. The van der Waals surface area contributed by atoms with Gasteiger partial charge in [0.2, 0.25) is 5.91 Å². The molecule has 14 heteroatoms. The maximum atomic E-state index is 13.2. The highest BCUT2D eigenvalue weighted by molar-refractivity contribution is 5.76. The molecule has 2 rings (SSSR count). The highest BCUT2D eigenvalue weighted by atomic mass is 16.7. The van der Waals surface area contributed by atoms with Crippen molar-refractivity contribution in [3.05, 3.63) is 170 Å². The van der Waals surface area contributed by atoms with Crippen molar-refractivity contribution < 1.29 is 64.6 Å². The van der Waals surface area contributed by atoms with Crippen molar-refractivity contribution in [3.8, 4) is 0 Å². The van der Waals surface area contributed by atoms with Crippen LogP contribution in [-0.4, -0.2) is 140 Å². The number of unbranched alkanes of at least 4 members (excludes halogenated alkanes) is 8. The molecule has 0 aromatic carbocycles. The van der Waals surface area contributed by atoms with Crippen LogP contribution in [0.25, 0.3) is 0 Å². The van der Waals surface area contributed by atoms with Gasteiger partial charge in [0, 0.05) is 6.42 Å². The van der Waals surface area contributed by atoms with E-state index < -0.39 is 86.8 Å². The summed E-state index contributed by atoms with van der Waals surface area (Å²) in [6.45, 7) is 2.52. The Morgan fingerprint density at radius 2 is 0.833 bits per heavy atom. The number of nitrogens with one attached hydrogen (secondary N) is 1. The van der Waals surface area contributed by atoms with Gasteiger partial charge >= 0.3 is 0 Å². The molecule has 0 aromatic rings. The predicted octanol–water partition coefficient (Wildman–Crippen LogP) is 11.7. The lowest BCUT2D eigenvalue weighted by Crippen LogP contribution is -2.65. The standard InChI is InChI=1S/C70H109NO13/c1-3-5-7-9-11-13-15-16-17-18-19-20-21-22-23-24-25-26-27-28-29-30-31-32-33-34-35-36-37-38-39-40-41-42-44-46-48-50-52-54-62(75)71-58(59(74)53-51-49-47-45-43-14-12-10-8-6-4-2)57-81-69-67(80)65(78)68(61(56-73)83-69)84-70-66(79)64(77)63(76)60(55-72)82-70/h5,7-8,10-11,13,16-17,19-20,22-23,25-26,28-29,31-32,34-35,37-38,40-41,43,45,51,53,58-61,63-70,72-74,76-80H,3-4,6,9,12,14-15,18,21,24,27,30,33,36,39,42,44,46-50,52,54-57H2,1-2H3,(H,71,75)/b7-5-,10-8+,13-11-,17-16-,20-19-,23-22-,26-25-,29-28-,32-31-,35-34-,38-37-,41-40-,45-43+,53-51+. The molecule has 14 nitrogen and oxygen atoms in total. The quantitative estimate of drug-likeness (QED) is 0.0204. The van der Waals surface area contributed by atoms with Crippen molar-refractivity contribution in [1.29, 1.82) is 0 Å². The zero-order valence-corrected chi connectivity index (χ0v) is 50.8. The highest BCUT2D eigenvalue weighted by Gasteiger charge is 2.51. The van der Waals surface area contributed by atoms with Crippen molar-refractivity contribution >= 4 is 5.91 Å². The fraction of sp³-hybridized carbons (Fsp3) is 0.586. The van der Waals surface area contributed by atoms with Crippen molar-refractivity contribution in [2.75, 3.05) is 19.8 Å². The SMILES string of the molecule is CC/C=C\C/C=C\C/C=C\C/C=C\C/C=C\C/C=C\C/C=C\C/C=C\C/C=C\C/C=C\C/C=C\CCCCCCCC(=O)NC(COC1OC(CO)C(OC2OC(CO)C(O)C(O)C2O)C(O)C1O)C(O)/C=C/CC/C=C/CC/C=C/CCC. The van der Waals surface area contributed by atoms with Crippen LogP contribution in [0.2, 0.25) is 0 Å². The molecule has 0 bridgehead atoms. The van der Waals surface area contributed by atoms with Gasteiger partial charge in [0.25, 0.3) is 0 Å². The summed E-state index contributed by atoms with van der Waals surface area (Å²) in [6, 6.07) is -0.960. The number of hydrogen-bond acceptors (Lipinski definition) is 13. The molecule has 0 saturated carbocycles. The molecule has 0 aromatic heterocycles. The Labute approximate surface area is 505 Å². The Bertz CT molecular complexity index is 2060. The van der Waals surface area contributed by atoms with Crippen molar-refractivity contribution in [3.63, 3.8) is 0 Å². The van der Waals surface area contributed by atoms with Gasteiger partial charge in [-0.15, -0.1) is 0 Å². The van der Waals surface area contributed by atoms with Crippen molar-refractivity contribution in [2.45, 2.75) is 242 Å². The maximum Gasteiger partial charge on any atom is 0.220 e. The number of aliphatic hydroxyl groups excluding tert-OH is 8. The lowest BCUT2D eigenvalue weighted by atomic mass is 9.97. The van der Waals surface area contributed by atoms with Gasteiger partial charge in [-0.25, -0.2) is 0 Å². The minimum Gasteiger partial charge on any atom is -0.394 e.